The summed E-state index contributed by atoms with van der Waals surface area (Å²) in [6, 6.07) is 6.65. The van der Waals surface area contributed by atoms with Gasteiger partial charge >= 0.3 is 7.60 Å². The zero-order chi connectivity index (χ0) is 18.3. The van der Waals surface area contributed by atoms with Crippen molar-refractivity contribution in [2.45, 2.75) is 46.8 Å². The summed E-state index contributed by atoms with van der Waals surface area (Å²) in [5.41, 5.74) is 0.723. The first kappa shape index (κ1) is 20.4. The third-order valence-electron chi connectivity index (χ3n) is 2.68. The summed E-state index contributed by atoms with van der Waals surface area (Å²) < 4.78 is 28.9. The summed E-state index contributed by atoms with van der Waals surface area (Å²) in [5.74, 6) is 0.478. The molecular formula is C16H24NO6P. The van der Waals surface area contributed by atoms with Crippen molar-refractivity contribution in [2.75, 3.05) is 6.35 Å². The van der Waals surface area contributed by atoms with E-state index >= 15 is 0 Å². The third kappa shape index (κ3) is 7.25. The van der Waals surface area contributed by atoms with Crippen LogP contribution in [0.25, 0.3) is 6.08 Å². The number of benzene rings is 1. The van der Waals surface area contributed by atoms with Crippen molar-refractivity contribution in [3.8, 4) is 5.75 Å². The number of nitrogens with zero attached hydrogens (tertiary/aromatic N) is 1. The van der Waals surface area contributed by atoms with Crippen molar-refractivity contribution in [3.63, 3.8) is 0 Å². The molecule has 0 bridgehead atoms. The van der Waals surface area contributed by atoms with Crippen LogP contribution in [0.3, 0.4) is 0 Å². The van der Waals surface area contributed by atoms with Crippen molar-refractivity contribution >= 4 is 13.7 Å². The van der Waals surface area contributed by atoms with Crippen molar-refractivity contribution < 1.29 is 23.3 Å². The molecule has 1 rings (SSSR count). The molecule has 0 N–H and O–H groups in total. The molecule has 0 aromatic heterocycles. The number of nitro groups is 1. The first-order valence-electron chi connectivity index (χ1n) is 7.63. The Morgan fingerprint density at radius 3 is 2.08 bits per heavy atom. The Kier molecular flexibility index (Phi) is 7.60. The van der Waals surface area contributed by atoms with E-state index in [2.05, 4.69) is 0 Å². The molecule has 0 aliphatic rings. The van der Waals surface area contributed by atoms with Crippen LogP contribution in [0.1, 0.15) is 40.2 Å². The molecule has 8 heteroatoms. The van der Waals surface area contributed by atoms with E-state index in [0.29, 0.717) is 11.3 Å². The Balaban J connectivity index is 2.76. The smallest absolute Gasteiger partial charge is 0.368 e. The van der Waals surface area contributed by atoms with Crippen molar-refractivity contribution in [1.29, 1.82) is 0 Å². The van der Waals surface area contributed by atoms with Crippen molar-refractivity contribution in [1.82, 2.24) is 0 Å². The van der Waals surface area contributed by atoms with Gasteiger partial charge in [-0.1, -0.05) is 12.1 Å². The fourth-order valence-electron chi connectivity index (χ4n) is 1.84. The van der Waals surface area contributed by atoms with Crippen LogP contribution in [-0.4, -0.2) is 23.5 Å². The van der Waals surface area contributed by atoms with Crippen LogP contribution in [-0.2, 0) is 13.6 Å². The molecule has 1 aromatic carbocycles. The third-order valence-corrected chi connectivity index (χ3v) is 4.61. The molecule has 7 nitrogen and oxygen atoms in total. The van der Waals surface area contributed by atoms with E-state index in [1.807, 2.05) is 0 Å². The normalized spacial score (nSPS) is 12.7. The molecule has 24 heavy (non-hydrogen) atoms. The Hall–Kier alpha value is -1.69. The van der Waals surface area contributed by atoms with E-state index in [1.165, 1.54) is 13.0 Å². The van der Waals surface area contributed by atoms with Crippen molar-refractivity contribution in [2.24, 2.45) is 0 Å². The van der Waals surface area contributed by atoms with Crippen LogP contribution in [0.15, 0.2) is 30.0 Å². The van der Waals surface area contributed by atoms with E-state index < -0.39 is 12.5 Å². The lowest BCUT2D eigenvalue weighted by Gasteiger charge is -2.22. The molecule has 0 heterocycles. The van der Waals surface area contributed by atoms with E-state index in [0.717, 1.165) is 0 Å². The van der Waals surface area contributed by atoms with Gasteiger partial charge in [-0.25, -0.2) is 0 Å². The maximum atomic E-state index is 12.6. The Morgan fingerprint density at radius 2 is 1.67 bits per heavy atom. The van der Waals surface area contributed by atoms with Gasteiger partial charge in [0, 0.05) is 13.0 Å². The summed E-state index contributed by atoms with van der Waals surface area (Å²) in [6.07, 6.45) is 0.747. The predicted octanol–water partition coefficient (Wildman–Crippen LogP) is 4.70. The SMILES string of the molecule is CC(=Cc1ccc(OCP(=O)(OC(C)C)OC(C)C)cc1)[N+](=O)[O-]. The molecule has 1 aromatic rings. The zero-order valence-corrected chi connectivity index (χ0v) is 15.5. The highest BCUT2D eigenvalue weighted by molar-refractivity contribution is 7.53. The Labute approximate surface area is 142 Å². The zero-order valence-electron chi connectivity index (χ0n) is 14.6. The summed E-state index contributed by atoms with van der Waals surface area (Å²) in [6.45, 7) is 8.52. The Morgan fingerprint density at radius 1 is 1.17 bits per heavy atom. The molecule has 0 amide bonds. The average molecular weight is 357 g/mol. The highest BCUT2D eigenvalue weighted by Crippen LogP contribution is 2.50. The molecule has 0 unspecified atom stereocenters. The topological polar surface area (TPSA) is 87.9 Å². The lowest BCUT2D eigenvalue weighted by Crippen LogP contribution is -2.13. The highest BCUT2D eigenvalue weighted by Gasteiger charge is 2.28. The second-order valence-electron chi connectivity index (χ2n) is 5.80. The number of allylic oxidation sites excluding steroid dienone is 1. The molecule has 0 fully saturated rings. The van der Waals surface area contributed by atoms with Gasteiger partial charge in [0.15, 0.2) is 6.35 Å². The van der Waals surface area contributed by atoms with Gasteiger partial charge in [0.2, 0.25) is 5.70 Å². The molecule has 0 aliphatic carbocycles. The number of hydrogen-bond donors (Lipinski definition) is 0. The molecular weight excluding hydrogens is 333 g/mol. The van der Waals surface area contributed by atoms with E-state index in [4.69, 9.17) is 13.8 Å². The van der Waals surface area contributed by atoms with Gasteiger partial charge < -0.3 is 13.8 Å². The van der Waals surface area contributed by atoms with Crippen LogP contribution >= 0.6 is 7.60 Å². The monoisotopic (exact) mass is 357 g/mol. The standard InChI is InChI=1S/C16H24NO6P/c1-12(2)22-24(20,23-13(3)4)11-21-16-8-6-15(7-9-16)10-14(5)17(18)19/h6-10,12-13H,11H2,1-5H3. The van der Waals surface area contributed by atoms with E-state index in [9.17, 15) is 14.7 Å². The minimum Gasteiger partial charge on any atom is -0.481 e. The minimum atomic E-state index is -3.37. The van der Waals surface area contributed by atoms with E-state index in [-0.39, 0.29) is 24.3 Å². The lowest BCUT2D eigenvalue weighted by molar-refractivity contribution is -0.422. The lowest BCUT2D eigenvalue weighted by atomic mass is 10.2. The Bertz CT molecular complexity index is 610. The fraction of sp³-hybridized carbons (Fsp3) is 0.500. The molecule has 0 saturated carbocycles. The van der Waals surface area contributed by atoms with Crippen LogP contribution < -0.4 is 4.74 Å². The van der Waals surface area contributed by atoms with Crippen LogP contribution in [0.2, 0.25) is 0 Å². The number of ether oxygens (including phenoxy) is 1. The van der Waals surface area contributed by atoms with Gasteiger partial charge in [0.05, 0.1) is 17.1 Å². The van der Waals surface area contributed by atoms with E-state index in [1.54, 1.807) is 52.0 Å². The van der Waals surface area contributed by atoms with Gasteiger partial charge in [-0.05, 0) is 45.4 Å². The quantitative estimate of drug-likeness (QED) is 0.361. The molecule has 0 saturated heterocycles. The van der Waals surface area contributed by atoms with Crippen LogP contribution in [0.4, 0.5) is 0 Å². The van der Waals surface area contributed by atoms with Crippen LogP contribution in [0.5, 0.6) is 5.75 Å². The summed E-state index contributed by atoms with van der Waals surface area (Å²) in [5, 5.41) is 10.6. The van der Waals surface area contributed by atoms with Gasteiger partial charge in [-0.3, -0.25) is 14.7 Å². The summed E-state index contributed by atoms with van der Waals surface area (Å²) in [7, 11) is -3.37. The first-order chi connectivity index (χ1) is 11.1. The maximum absolute atomic E-state index is 12.6. The fourth-order valence-corrected chi connectivity index (χ4v) is 3.60. The van der Waals surface area contributed by atoms with Gasteiger partial charge in [0.1, 0.15) is 5.75 Å². The van der Waals surface area contributed by atoms with Crippen molar-refractivity contribution in [3.05, 3.63) is 45.6 Å². The molecule has 0 aliphatic heterocycles. The summed E-state index contributed by atoms with van der Waals surface area (Å²) >= 11 is 0. The van der Waals surface area contributed by atoms with Gasteiger partial charge in [-0.15, -0.1) is 0 Å². The molecule has 0 spiro atoms. The average Bonchev–Trinajstić information content (AvgIpc) is 2.44. The van der Waals surface area contributed by atoms with Gasteiger partial charge in [-0.2, -0.15) is 0 Å². The largest absolute Gasteiger partial charge is 0.481 e. The number of rotatable bonds is 9. The molecule has 0 radical (unpaired) electrons. The highest BCUT2D eigenvalue weighted by atomic mass is 31.2. The maximum Gasteiger partial charge on any atom is 0.368 e. The second kappa shape index (κ2) is 8.97. The molecule has 0 atom stereocenters. The first-order valence-corrected chi connectivity index (χ1v) is 9.35. The summed E-state index contributed by atoms with van der Waals surface area (Å²) in [4.78, 5) is 10.2. The number of hydrogen-bond acceptors (Lipinski definition) is 6. The molecule has 134 valence electrons. The minimum absolute atomic E-state index is 0.0452. The predicted molar refractivity (Wildman–Crippen MR) is 92.6 cm³/mol. The second-order valence-corrected chi connectivity index (χ2v) is 7.71. The van der Waals surface area contributed by atoms with Crippen LogP contribution in [0, 0.1) is 10.1 Å². The van der Waals surface area contributed by atoms with Gasteiger partial charge in [0.25, 0.3) is 0 Å².